The molecule has 23 heavy (non-hydrogen) atoms. The summed E-state index contributed by atoms with van der Waals surface area (Å²) < 4.78 is 1.95. The number of nitrogens with one attached hydrogen (secondary N) is 2. The molecule has 0 fully saturated rings. The second kappa shape index (κ2) is 7.64. The van der Waals surface area contributed by atoms with Crippen LogP contribution in [0.3, 0.4) is 0 Å². The van der Waals surface area contributed by atoms with E-state index < -0.39 is 0 Å². The lowest BCUT2D eigenvalue weighted by Crippen LogP contribution is -2.42. The Kier molecular flexibility index (Phi) is 5.82. The first kappa shape index (κ1) is 17.5. The van der Waals surface area contributed by atoms with E-state index in [1.54, 1.807) is 0 Å². The molecule has 0 aliphatic carbocycles. The monoisotopic (exact) mass is 333 g/mol. The quantitative estimate of drug-likeness (QED) is 0.653. The van der Waals surface area contributed by atoms with Gasteiger partial charge in [0.15, 0.2) is 5.96 Å². The highest BCUT2D eigenvalue weighted by atomic mass is 32.1. The summed E-state index contributed by atoms with van der Waals surface area (Å²) >= 11 is 1.81. The second-order valence-corrected chi connectivity index (χ2v) is 7.33. The normalized spacial score (nSPS) is 13.2. The summed E-state index contributed by atoms with van der Waals surface area (Å²) in [5, 5.41) is 11.3. The molecule has 5 nitrogen and oxygen atoms in total. The Bertz CT molecular complexity index is 683. The van der Waals surface area contributed by atoms with E-state index in [-0.39, 0.29) is 6.04 Å². The molecular weight excluding hydrogens is 306 g/mol. The molecule has 0 saturated heterocycles. The SMILES string of the molecule is CN=C(NCc1ccc(C)s1)NC(C)Cc1c(C)nn(C)c1C. The molecule has 2 rings (SSSR count). The summed E-state index contributed by atoms with van der Waals surface area (Å²) in [4.78, 5) is 6.97. The molecule has 1 unspecified atom stereocenters. The lowest BCUT2D eigenvalue weighted by Gasteiger charge is -2.18. The number of aliphatic imine (C=N–C) groups is 1. The van der Waals surface area contributed by atoms with Crippen LogP contribution in [-0.2, 0) is 20.0 Å². The zero-order chi connectivity index (χ0) is 17.0. The molecule has 2 aromatic rings. The smallest absolute Gasteiger partial charge is 0.191 e. The Labute approximate surface area is 142 Å². The van der Waals surface area contributed by atoms with Crippen molar-refractivity contribution >= 4 is 17.3 Å². The van der Waals surface area contributed by atoms with Crippen molar-refractivity contribution in [2.75, 3.05) is 7.05 Å². The van der Waals surface area contributed by atoms with Crippen molar-refractivity contribution in [3.63, 3.8) is 0 Å². The second-order valence-electron chi connectivity index (χ2n) is 5.96. The van der Waals surface area contributed by atoms with E-state index in [9.17, 15) is 0 Å². The van der Waals surface area contributed by atoms with E-state index in [0.717, 1.165) is 24.6 Å². The maximum Gasteiger partial charge on any atom is 0.191 e. The number of nitrogens with zero attached hydrogens (tertiary/aromatic N) is 3. The molecule has 0 saturated carbocycles. The molecule has 0 radical (unpaired) electrons. The fraction of sp³-hybridized carbons (Fsp3) is 0.529. The third-order valence-electron chi connectivity index (χ3n) is 4.00. The van der Waals surface area contributed by atoms with Crippen molar-refractivity contribution in [1.29, 1.82) is 0 Å². The van der Waals surface area contributed by atoms with Crippen molar-refractivity contribution < 1.29 is 0 Å². The summed E-state index contributed by atoms with van der Waals surface area (Å²) in [6.45, 7) is 9.29. The standard InChI is InChI=1S/C17H27N5S/c1-11(9-16-13(3)21-22(6)14(16)4)20-17(18-5)19-10-15-8-7-12(2)23-15/h7-8,11H,9-10H2,1-6H3,(H2,18,19,20). The number of hydrogen-bond donors (Lipinski definition) is 2. The van der Waals surface area contributed by atoms with Gasteiger partial charge in [0.2, 0.25) is 0 Å². The molecule has 0 aromatic carbocycles. The Morgan fingerprint density at radius 3 is 2.61 bits per heavy atom. The molecule has 0 aliphatic rings. The van der Waals surface area contributed by atoms with Crippen LogP contribution in [0, 0.1) is 20.8 Å². The van der Waals surface area contributed by atoms with Crippen LogP contribution < -0.4 is 10.6 Å². The van der Waals surface area contributed by atoms with Crippen molar-refractivity contribution in [2.45, 2.75) is 46.7 Å². The zero-order valence-electron chi connectivity index (χ0n) is 14.9. The Morgan fingerprint density at radius 2 is 2.09 bits per heavy atom. The van der Waals surface area contributed by atoms with Gasteiger partial charge in [-0.05, 0) is 51.8 Å². The van der Waals surface area contributed by atoms with Gasteiger partial charge in [-0.15, -0.1) is 11.3 Å². The summed E-state index contributed by atoms with van der Waals surface area (Å²) in [7, 11) is 3.80. The molecule has 0 aliphatic heterocycles. The third kappa shape index (κ3) is 4.58. The van der Waals surface area contributed by atoms with Crippen LogP contribution in [0.5, 0.6) is 0 Å². The summed E-state index contributed by atoms with van der Waals surface area (Å²) in [6.07, 6.45) is 0.935. The number of aryl methyl sites for hydroxylation is 3. The molecule has 2 N–H and O–H groups in total. The van der Waals surface area contributed by atoms with E-state index in [4.69, 9.17) is 0 Å². The molecule has 0 amide bonds. The summed E-state index contributed by atoms with van der Waals surface area (Å²) in [6, 6.07) is 4.59. The molecule has 1 atom stereocenters. The van der Waals surface area contributed by atoms with Gasteiger partial charge in [0.25, 0.3) is 0 Å². The maximum atomic E-state index is 4.49. The van der Waals surface area contributed by atoms with Crippen molar-refractivity contribution in [2.24, 2.45) is 12.0 Å². The molecule has 6 heteroatoms. The van der Waals surface area contributed by atoms with Gasteiger partial charge in [0.1, 0.15) is 0 Å². The molecule has 126 valence electrons. The van der Waals surface area contributed by atoms with Crippen molar-refractivity contribution in [3.8, 4) is 0 Å². The van der Waals surface area contributed by atoms with Crippen LogP contribution >= 0.6 is 11.3 Å². The van der Waals surface area contributed by atoms with Crippen LogP contribution in [0.2, 0.25) is 0 Å². The van der Waals surface area contributed by atoms with Gasteiger partial charge in [-0.3, -0.25) is 9.67 Å². The number of aromatic nitrogens is 2. The van der Waals surface area contributed by atoms with E-state index in [1.807, 2.05) is 30.1 Å². The van der Waals surface area contributed by atoms with Gasteiger partial charge in [-0.1, -0.05) is 0 Å². The zero-order valence-corrected chi connectivity index (χ0v) is 15.7. The largest absolute Gasteiger partial charge is 0.354 e. The lowest BCUT2D eigenvalue weighted by atomic mass is 10.1. The first-order chi connectivity index (χ1) is 10.9. The maximum absolute atomic E-state index is 4.49. The first-order valence-corrected chi connectivity index (χ1v) is 8.74. The van der Waals surface area contributed by atoms with Gasteiger partial charge in [0, 0.05) is 35.6 Å². The highest BCUT2D eigenvalue weighted by Gasteiger charge is 2.14. The number of rotatable bonds is 5. The Hall–Kier alpha value is -1.82. The predicted octanol–water partition coefficient (Wildman–Crippen LogP) is 2.70. The molecule has 0 spiro atoms. The van der Waals surface area contributed by atoms with Crippen molar-refractivity contribution in [1.82, 2.24) is 20.4 Å². The summed E-state index contributed by atoms with van der Waals surface area (Å²) in [5.41, 5.74) is 3.65. The van der Waals surface area contributed by atoms with Gasteiger partial charge in [-0.25, -0.2) is 0 Å². The van der Waals surface area contributed by atoms with Gasteiger partial charge >= 0.3 is 0 Å². The van der Waals surface area contributed by atoms with E-state index in [1.165, 1.54) is 21.0 Å². The molecular formula is C17H27N5S. The van der Waals surface area contributed by atoms with Crippen LogP contribution in [0.1, 0.15) is 33.6 Å². The number of guanidine groups is 1. The Balaban J connectivity index is 1.90. The van der Waals surface area contributed by atoms with Crippen LogP contribution in [0.25, 0.3) is 0 Å². The lowest BCUT2D eigenvalue weighted by molar-refractivity contribution is 0.636. The van der Waals surface area contributed by atoms with Crippen LogP contribution in [0.15, 0.2) is 17.1 Å². The average molecular weight is 334 g/mol. The van der Waals surface area contributed by atoms with Crippen molar-refractivity contribution in [3.05, 3.63) is 38.8 Å². The summed E-state index contributed by atoms with van der Waals surface area (Å²) in [5.74, 6) is 0.836. The fourth-order valence-electron chi connectivity index (χ4n) is 2.65. The third-order valence-corrected chi connectivity index (χ3v) is 5.00. The molecule has 0 bridgehead atoms. The van der Waals surface area contributed by atoms with E-state index in [2.05, 4.69) is 60.6 Å². The van der Waals surface area contributed by atoms with Gasteiger partial charge in [-0.2, -0.15) is 5.10 Å². The van der Waals surface area contributed by atoms with Gasteiger partial charge < -0.3 is 10.6 Å². The van der Waals surface area contributed by atoms with E-state index in [0.29, 0.717) is 0 Å². The minimum Gasteiger partial charge on any atom is -0.354 e. The average Bonchev–Trinajstić information content (AvgIpc) is 3.02. The molecule has 2 aromatic heterocycles. The highest BCUT2D eigenvalue weighted by molar-refractivity contribution is 7.11. The topological polar surface area (TPSA) is 54.2 Å². The van der Waals surface area contributed by atoms with E-state index >= 15 is 0 Å². The van der Waals surface area contributed by atoms with Crippen LogP contribution in [-0.4, -0.2) is 28.8 Å². The van der Waals surface area contributed by atoms with Crippen LogP contribution in [0.4, 0.5) is 0 Å². The highest BCUT2D eigenvalue weighted by Crippen LogP contribution is 2.15. The minimum atomic E-state index is 0.285. The first-order valence-electron chi connectivity index (χ1n) is 7.92. The Morgan fingerprint density at radius 1 is 1.35 bits per heavy atom. The number of hydrogen-bond acceptors (Lipinski definition) is 3. The molecule has 2 heterocycles. The number of thiophene rings is 1. The fourth-order valence-corrected chi connectivity index (χ4v) is 3.48. The minimum absolute atomic E-state index is 0.285. The van der Waals surface area contributed by atoms with Gasteiger partial charge in [0.05, 0.1) is 12.2 Å². The predicted molar refractivity (Wildman–Crippen MR) is 98.2 cm³/mol.